The molecule has 122 valence electrons. The van der Waals surface area contributed by atoms with Crippen LogP contribution in [0, 0.1) is 0 Å². The van der Waals surface area contributed by atoms with Crippen LogP contribution < -0.4 is 10.2 Å². The van der Waals surface area contributed by atoms with Crippen molar-refractivity contribution >= 4 is 39.8 Å². The molecule has 4 rings (SSSR count). The number of aromatic nitrogens is 1. The molecule has 1 N–H and O–H groups in total. The minimum absolute atomic E-state index is 0.590. The molecule has 3 nitrogen and oxygen atoms in total. The summed E-state index contributed by atoms with van der Waals surface area (Å²) in [5.74, 6) is 0. The fourth-order valence-electron chi connectivity index (χ4n) is 3.16. The number of fused-ring (bicyclic) bond motifs is 1. The van der Waals surface area contributed by atoms with Gasteiger partial charge in [-0.2, -0.15) is 0 Å². The van der Waals surface area contributed by atoms with Crippen molar-refractivity contribution in [2.45, 2.75) is 0 Å². The van der Waals surface area contributed by atoms with Crippen molar-refractivity contribution in [3.8, 4) is 11.3 Å². The van der Waals surface area contributed by atoms with Crippen molar-refractivity contribution in [1.29, 1.82) is 0 Å². The van der Waals surface area contributed by atoms with Gasteiger partial charge in [0.05, 0.1) is 16.2 Å². The smallest absolute Gasteiger partial charge is 0.0917 e. The number of halogens is 2. The summed E-state index contributed by atoms with van der Waals surface area (Å²) in [4.78, 5) is 7.18. The molecule has 2 aromatic carbocycles. The second kappa shape index (κ2) is 6.60. The second-order valence-corrected chi connectivity index (χ2v) is 6.76. The molecule has 1 saturated heterocycles. The van der Waals surface area contributed by atoms with E-state index in [1.54, 1.807) is 6.07 Å². The molecule has 0 aliphatic carbocycles. The molecular weight excluding hydrogens is 341 g/mol. The van der Waals surface area contributed by atoms with Crippen molar-refractivity contribution in [1.82, 2.24) is 10.3 Å². The molecule has 1 aliphatic rings. The summed E-state index contributed by atoms with van der Waals surface area (Å²) in [6.07, 6.45) is 0. The predicted molar refractivity (Wildman–Crippen MR) is 102 cm³/mol. The highest BCUT2D eigenvalue weighted by Gasteiger charge is 2.17. The SMILES string of the molecule is Clc1cc(Cl)c2nc(-c3ccccc3)cc(N3CCNCC3)c2c1. The van der Waals surface area contributed by atoms with Crippen molar-refractivity contribution in [3.05, 3.63) is 58.6 Å². The Morgan fingerprint density at radius 1 is 0.958 bits per heavy atom. The average molecular weight is 358 g/mol. The molecule has 0 atom stereocenters. The molecule has 1 aromatic heterocycles. The zero-order valence-corrected chi connectivity index (χ0v) is 14.6. The first-order valence-electron chi connectivity index (χ1n) is 8.03. The number of hydrogen-bond donors (Lipinski definition) is 1. The van der Waals surface area contributed by atoms with Crippen LogP contribution in [0.25, 0.3) is 22.2 Å². The summed E-state index contributed by atoms with van der Waals surface area (Å²) in [7, 11) is 0. The first-order valence-corrected chi connectivity index (χ1v) is 8.79. The summed E-state index contributed by atoms with van der Waals surface area (Å²) < 4.78 is 0. The summed E-state index contributed by atoms with van der Waals surface area (Å²) in [5.41, 5.74) is 3.96. The second-order valence-electron chi connectivity index (χ2n) is 5.91. The summed E-state index contributed by atoms with van der Waals surface area (Å²) in [6.45, 7) is 3.85. The molecule has 0 saturated carbocycles. The van der Waals surface area contributed by atoms with E-state index in [0.717, 1.165) is 54.0 Å². The molecule has 24 heavy (non-hydrogen) atoms. The van der Waals surface area contributed by atoms with Gasteiger partial charge in [-0.1, -0.05) is 53.5 Å². The Morgan fingerprint density at radius 3 is 2.46 bits per heavy atom. The van der Waals surface area contributed by atoms with E-state index in [1.807, 2.05) is 24.3 Å². The van der Waals surface area contributed by atoms with Gasteiger partial charge in [0.15, 0.2) is 0 Å². The van der Waals surface area contributed by atoms with Gasteiger partial charge in [-0.05, 0) is 18.2 Å². The van der Waals surface area contributed by atoms with Crippen LogP contribution in [0.15, 0.2) is 48.5 Å². The molecule has 0 unspecified atom stereocenters. The number of hydrogen-bond acceptors (Lipinski definition) is 3. The third-order valence-corrected chi connectivity index (χ3v) is 4.84. The van der Waals surface area contributed by atoms with Gasteiger partial charge in [0, 0.05) is 47.8 Å². The molecule has 5 heteroatoms. The van der Waals surface area contributed by atoms with Crippen molar-refractivity contribution < 1.29 is 0 Å². The van der Waals surface area contributed by atoms with Crippen LogP contribution in [-0.2, 0) is 0 Å². The topological polar surface area (TPSA) is 28.2 Å². The van der Waals surface area contributed by atoms with E-state index >= 15 is 0 Å². The number of rotatable bonds is 2. The molecule has 1 aliphatic heterocycles. The molecule has 0 amide bonds. The standard InChI is InChI=1S/C19H17Cl2N3/c20-14-10-15-18(24-8-6-22-7-9-24)12-17(13-4-2-1-3-5-13)23-19(15)16(21)11-14/h1-5,10-12,22H,6-9H2. The van der Waals surface area contributed by atoms with Gasteiger partial charge in [-0.15, -0.1) is 0 Å². The van der Waals surface area contributed by atoms with E-state index in [-0.39, 0.29) is 0 Å². The number of nitrogens with zero attached hydrogens (tertiary/aromatic N) is 2. The maximum Gasteiger partial charge on any atom is 0.0917 e. The Hall–Kier alpha value is -1.81. The Kier molecular flexibility index (Phi) is 4.31. The lowest BCUT2D eigenvalue weighted by Crippen LogP contribution is -2.43. The van der Waals surface area contributed by atoms with Crippen LogP contribution in [0.2, 0.25) is 10.0 Å². The van der Waals surface area contributed by atoms with Gasteiger partial charge in [0.1, 0.15) is 0 Å². The first kappa shape index (κ1) is 15.7. The molecule has 2 heterocycles. The van der Waals surface area contributed by atoms with E-state index in [4.69, 9.17) is 28.2 Å². The zero-order chi connectivity index (χ0) is 16.5. The minimum Gasteiger partial charge on any atom is -0.368 e. The highest BCUT2D eigenvalue weighted by Crippen LogP contribution is 2.36. The molecule has 0 bridgehead atoms. The highest BCUT2D eigenvalue weighted by molar-refractivity contribution is 6.38. The third kappa shape index (κ3) is 2.95. The summed E-state index contributed by atoms with van der Waals surface area (Å²) in [6, 6.07) is 16.1. The van der Waals surface area contributed by atoms with E-state index in [1.165, 1.54) is 0 Å². The lowest BCUT2D eigenvalue weighted by molar-refractivity contribution is 0.590. The maximum absolute atomic E-state index is 6.45. The van der Waals surface area contributed by atoms with Crippen LogP contribution >= 0.6 is 23.2 Å². The summed E-state index contributed by atoms with van der Waals surface area (Å²) >= 11 is 12.7. The van der Waals surface area contributed by atoms with Crippen LogP contribution in [0.5, 0.6) is 0 Å². The zero-order valence-electron chi connectivity index (χ0n) is 13.1. The van der Waals surface area contributed by atoms with Gasteiger partial charge in [-0.25, -0.2) is 4.98 Å². The Balaban J connectivity index is 1.96. The fraction of sp³-hybridized carbons (Fsp3) is 0.211. The van der Waals surface area contributed by atoms with Crippen LogP contribution in [0.3, 0.4) is 0 Å². The van der Waals surface area contributed by atoms with E-state index < -0.39 is 0 Å². The van der Waals surface area contributed by atoms with Crippen molar-refractivity contribution in [2.75, 3.05) is 31.1 Å². The van der Waals surface area contributed by atoms with Gasteiger partial charge in [0.2, 0.25) is 0 Å². The van der Waals surface area contributed by atoms with Crippen molar-refractivity contribution in [3.63, 3.8) is 0 Å². The van der Waals surface area contributed by atoms with E-state index in [9.17, 15) is 0 Å². The number of piperazine rings is 1. The van der Waals surface area contributed by atoms with Crippen molar-refractivity contribution in [2.24, 2.45) is 0 Å². The number of benzene rings is 2. The molecular formula is C19H17Cl2N3. The Morgan fingerprint density at radius 2 is 1.71 bits per heavy atom. The van der Waals surface area contributed by atoms with Gasteiger partial charge in [0.25, 0.3) is 0 Å². The molecule has 0 spiro atoms. The quantitative estimate of drug-likeness (QED) is 0.725. The number of pyridine rings is 1. The van der Waals surface area contributed by atoms with Gasteiger partial charge < -0.3 is 10.2 Å². The normalized spacial score (nSPS) is 15.0. The van der Waals surface area contributed by atoms with E-state index in [2.05, 4.69) is 28.4 Å². The minimum atomic E-state index is 0.590. The van der Waals surface area contributed by atoms with Crippen LogP contribution in [0.1, 0.15) is 0 Å². The lowest BCUT2D eigenvalue weighted by Gasteiger charge is -2.31. The van der Waals surface area contributed by atoms with Crippen LogP contribution in [-0.4, -0.2) is 31.2 Å². The number of anilines is 1. The van der Waals surface area contributed by atoms with Gasteiger partial charge >= 0.3 is 0 Å². The van der Waals surface area contributed by atoms with E-state index in [0.29, 0.717) is 10.0 Å². The molecule has 1 fully saturated rings. The predicted octanol–water partition coefficient (Wildman–Crippen LogP) is 4.62. The summed E-state index contributed by atoms with van der Waals surface area (Å²) in [5, 5.41) is 5.63. The fourth-order valence-corrected chi connectivity index (χ4v) is 3.69. The highest BCUT2D eigenvalue weighted by atomic mass is 35.5. The third-order valence-electron chi connectivity index (χ3n) is 4.34. The van der Waals surface area contributed by atoms with Crippen LogP contribution in [0.4, 0.5) is 5.69 Å². The Labute approximate surface area is 151 Å². The lowest BCUT2D eigenvalue weighted by atomic mass is 10.1. The van der Waals surface area contributed by atoms with Gasteiger partial charge in [-0.3, -0.25) is 0 Å². The largest absolute Gasteiger partial charge is 0.368 e. The Bertz CT molecular complexity index is 875. The molecule has 3 aromatic rings. The average Bonchev–Trinajstić information content (AvgIpc) is 2.62. The first-order chi connectivity index (χ1) is 11.7. The number of nitrogens with one attached hydrogen (secondary N) is 1. The maximum atomic E-state index is 6.45. The molecule has 0 radical (unpaired) electrons. The monoisotopic (exact) mass is 357 g/mol.